The van der Waals surface area contributed by atoms with Gasteiger partial charge in [-0.05, 0) is 49.7 Å². The van der Waals surface area contributed by atoms with E-state index in [4.69, 9.17) is 0 Å². The SMILES string of the molecule is CC(C)(C(=O)N1CCN(C(=O)c2ccc(NS(=O)(=O)c3cccc4cccnc34)c(C(F)(F)F)c2)CC1)c1ccccc1. The van der Waals surface area contributed by atoms with Gasteiger partial charge in [-0.3, -0.25) is 19.3 Å². The number of rotatable bonds is 6. The van der Waals surface area contributed by atoms with Gasteiger partial charge in [-0.2, -0.15) is 13.2 Å². The van der Waals surface area contributed by atoms with Crippen LogP contribution < -0.4 is 4.72 Å². The number of amides is 2. The average molecular weight is 611 g/mol. The van der Waals surface area contributed by atoms with Crippen molar-refractivity contribution in [2.75, 3.05) is 30.9 Å². The molecule has 0 unspecified atom stereocenters. The zero-order valence-corrected chi connectivity index (χ0v) is 24.2. The quantitative estimate of drug-likeness (QED) is 0.319. The van der Waals surface area contributed by atoms with Crippen LogP contribution in [0.2, 0.25) is 0 Å². The third-order valence-electron chi connectivity index (χ3n) is 7.59. The Morgan fingerprint density at radius 2 is 1.49 bits per heavy atom. The molecule has 1 aromatic heterocycles. The number of anilines is 1. The highest BCUT2D eigenvalue weighted by Crippen LogP contribution is 2.37. The second-order valence-corrected chi connectivity index (χ2v) is 12.4. The third kappa shape index (κ3) is 6.05. The zero-order valence-electron chi connectivity index (χ0n) is 23.4. The van der Waals surface area contributed by atoms with Gasteiger partial charge in [0.15, 0.2) is 0 Å². The number of para-hydroxylation sites is 1. The summed E-state index contributed by atoms with van der Waals surface area (Å²) in [7, 11) is -4.47. The van der Waals surface area contributed by atoms with Crippen molar-refractivity contribution in [1.82, 2.24) is 14.8 Å². The fourth-order valence-electron chi connectivity index (χ4n) is 5.16. The van der Waals surface area contributed by atoms with Crippen LogP contribution in [-0.2, 0) is 26.4 Å². The fraction of sp³-hybridized carbons (Fsp3) is 0.258. The van der Waals surface area contributed by atoms with Gasteiger partial charge in [0.25, 0.3) is 15.9 Å². The van der Waals surface area contributed by atoms with E-state index in [1.165, 1.54) is 23.2 Å². The van der Waals surface area contributed by atoms with Crippen LogP contribution in [0.15, 0.2) is 90.0 Å². The number of aromatic nitrogens is 1. The molecule has 0 saturated carbocycles. The summed E-state index contributed by atoms with van der Waals surface area (Å²) in [5.74, 6) is -0.754. The molecule has 0 bridgehead atoms. The number of carbonyl (C=O) groups excluding carboxylic acids is 2. The number of piperazine rings is 1. The van der Waals surface area contributed by atoms with Crippen LogP contribution in [0.3, 0.4) is 0 Å². The lowest BCUT2D eigenvalue weighted by molar-refractivity contribution is -0.138. The highest BCUT2D eigenvalue weighted by molar-refractivity contribution is 7.93. The Balaban J connectivity index is 1.34. The smallest absolute Gasteiger partial charge is 0.338 e. The summed E-state index contributed by atoms with van der Waals surface area (Å²) in [6.07, 6.45) is -3.57. The molecule has 2 amide bonds. The van der Waals surface area contributed by atoms with E-state index in [1.54, 1.807) is 23.1 Å². The Hall–Kier alpha value is -4.45. The predicted octanol–water partition coefficient (Wildman–Crippen LogP) is 5.32. The van der Waals surface area contributed by atoms with Gasteiger partial charge in [-0.25, -0.2) is 8.42 Å². The number of halogens is 3. The van der Waals surface area contributed by atoms with Crippen LogP contribution in [0.25, 0.3) is 10.9 Å². The van der Waals surface area contributed by atoms with Crippen molar-refractivity contribution in [3.05, 3.63) is 102 Å². The van der Waals surface area contributed by atoms with E-state index >= 15 is 0 Å². The Morgan fingerprint density at radius 1 is 0.837 bits per heavy atom. The van der Waals surface area contributed by atoms with Gasteiger partial charge in [0.05, 0.1) is 22.2 Å². The summed E-state index contributed by atoms with van der Waals surface area (Å²) in [5, 5.41) is 0.507. The first-order valence-electron chi connectivity index (χ1n) is 13.5. The van der Waals surface area contributed by atoms with Crippen LogP contribution in [0.1, 0.15) is 35.3 Å². The molecule has 0 radical (unpaired) electrons. The summed E-state index contributed by atoms with van der Waals surface area (Å²) < 4.78 is 70.8. The molecule has 43 heavy (non-hydrogen) atoms. The minimum Gasteiger partial charge on any atom is -0.338 e. The molecule has 0 aliphatic carbocycles. The number of fused-ring (bicyclic) bond motifs is 1. The van der Waals surface area contributed by atoms with Crippen molar-refractivity contribution in [3.63, 3.8) is 0 Å². The van der Waals surface area contributed by atoms with Crippen molar-refractivity contribution in [2.45, 2.75) is 30.3 Å². The van der Waals surface area contributed by atoms with Gasteiger partial charge in [0.2, 0.25) is 5.91 Å². The largest absolute Gasteiger partial charge is 0.418 e. The van der Waals surface area contributed by atoms with Crippen LogP contribution in [-0.4, -0.2) is 61.2 Å². The first-order valence-corrected chi connectivity index (χ1v) is 15.0. The number of nitrogens with one attached hydrogen (secondary N) is 1. The molecule has 3 aromatic carbocycles. The van der Waals surface area contributed by atoms with E-state index in [0.29, 0.717) is 11.5 Å². The zero-order chi connectivity index (χ0) is 31.0. The Kier molecular flexibility index (Phi) is 7.91. The molecule has 1 saturated heterocycles. The third-order valence-corrected chi connectivity index (χ3v) is 8.98. The van der Waals surface area contributed by atoms with Gasteiger partial charge >= 0.3 is 6.18 Å². The van der Waals surface area contributed by atoms with Crippen LogP contribution in [0.5, 0.6) is 0 Å². The first-order chi connectivity index (χ1) is 20.3. The fourth-order valence-corrected chi connectivity index (χ4v) is 6.42. The van der Waals surface area contributed by atoms with Crippen molar-refractivity contribution in [2.24, 2.45) is 0 Å². The van der Waals surface area contributed by atoms with Crippen molar-refractivity contribution in [3.8, 4) is 0 Å². The molecular weight excluding hydrogens is 581 g/mol. The molecule has 8 nitrogen and oxygen atoms in total. The molecular formula is C31H29F3N4O4S. The lowest BCUT2D eigenvalue weighted by Crippen LogP contribution is -2.54. The highest BCUT2D eigenvalue weighted by Gasteiger charge is 2.38. The van der Waals surface area contributed by atoms with E-state index in [-0.39, 0.29) is 48.1 Å². The summed E-state index contributed by atoms with van der Waals surface area (Å²) in [6.45, 7) is 4.38. The number of hydrogen-bond donors (Lipinski definition) is 1. The van der Waals surface area contributed by atoms with E-state index < -0.39 is 38.8 Å². The Labute approximate surface area is 247 Å². The molecule has 0 spiro atoms. The Morgan fingerprint density at radius 3 is 2.16 bits per heavy atom. The number of hydrogen-bond acceptors (Lipinski definition) is 5. The van der Waals surface area contributed by atoms with Crippen molar-refractivity contribution < 1.29 is 31.2 Å². The number of pyridine rings is 1. The minimum absolute atomic E-state index is 0.108. The van der Waals surface area contributed by atoms with E-state index in [0.717, 1.165) is 17.7 Å². The van der Waals surface area contributed by atoms with E-state index in [1.807, 2.05) is 48.9 Å². The maximum atomic E-state index is 14.1. The lowest BCUT2D eigenvalue weighted by atomic mass is 9.83. The lowest BCUT2D eigenvalue weighted by Gasteiger charge is -2.39. The van der Waals surface area contributed by atoms with E-state index in [2.05, 4.69) is 4.98 Å². The van der Waals surface area contributed by atoms with Crippen LogP contribution in [0, 0.1) is 0 Å². The first kappa shape index (κ1) is 30.0. The normalized spacial score (nSPS) is 14.5. The molecule has 1 N–H and O–H groups in total. The second-order valence-electron chi connectivity index (χ2n) is 10.8. The maximum Gasteiger partial charge on any atom is 0.418 e. The molecule has 1 aliphatic rings. The van der Waals surface area contributed by atoms with Crippen molar-refractivity contribution >= 4 is 38.4 Å². The Bertz CT molecular complexity index is 1780. The highest BCUT2D eigenvalue weighted by atomic mass is 32.2. The summed E-state index contributed by atoms with van der Waals surface area (Å²) in [6, 6.07) is 19.7. The molecule has 224 valence electrons. The van der Waals surface area contributed by atoms with Gasteiger partial charge in [0.1, 0.15) is 4.90 Å². The van der Waals surface area contributed by atoms with Gasteiger partial charge < -0.3 is 9.80 Å². The minimum atomic E-state index is -4.96. The molecule has 2 heterocycles. The van der Waals surface area contributed by atoms with Gasteiger partial charge in [0, 0.05) is 43.3 Å². The number of sulfonamides is 1. The topological polar surface area (TPSA) is 99.7 Å². The molecule has 5 rings (SSSR count). The predicted molar refractivity (Wildman–Crippen MR) is 156 cm³/mol. The molecule has 1 fully saturated rings. The number of benzene rings is 3. The van der Waals surface area contributed by atoms with Gasteiger partial charge in [-0.1, -0.05) is 48.5 Å². The van der Waals surface area contributed by atoms with E-state index in [9.17, 15) is 31.2 Å². The average Bonchev–Trinajstić information content (AvgIpc) is 3.00. The number of nitrogens with zero attached hydrogens (tertiary/aromatic N) is 3. The van der Waals surface area contributed by atoms with Crippen LogP contribution in [0.4, 0.5) is 18.9 Å². The van der Waals surface area contributed by atoms with Crippen molar-refractivity contribution in [1.29, 1.82) is 0 Å². The van der Waals surface area contributed by atoms with Gasteiger partial charge in [-0.15, -0.1) is 0 Å². The van der Waals surface area contributed by atoms with Crippen LogP contribution >= 0.6 is 0 Å². The summed E-state index contributed by atoms with van der Waals surface area (Å²) in [5.41, 5.74) is -2.08. The molecule has 12 heteroatoms. The summed E-state index contributed by atoms with van der Waals surface area (Å²) >= 11 is 0. The number of carbonyl (C=O) groups is 2. The molecule has 0 atom stereocenters. The number of alkyl halides is 3. The second kappa shape index (κ2) is 11.3. The monoisotopic (exact) mass is 610 g/mol. The molecule has 1 aliphatic heterocycles. The maximum absolute atomic E-state index is 14.1. The summed E-state index contributed by atoms with van der Waals surface area (Å²) in [4.78, 5) is 33.4. The standard InChI is InChI=1S/C31H29F3N4O4S/c1-30(2,23-10-4-3-5-11-23)29(40)38-18-16-37(17-19-38)28(39)22-13-14-25(24(20-22)31(32,33)34)36-43(41,42)26-12-6-8-21-9-7-15-35-27(21)26/h3-15,20,36H,16-19H2,1-2H3. The molecule has 4 aromatic rings.